The van der Waals surface area contributed by atoms with Crippen molar-refractivity contribution in [1.29, 1.82) is 0 Å². The van der Waals surface area contributed by atoms with E-state index in [0.717, 1.165) is 0 Å². The predicted molar refractivity (Wildman–Crippen MR) is 83.6 cm³/mol. The largest absolute Gasteiger partial charge is 0.309 e. The summed E-state index contributed by atoms with van der Waals surface area (Å²) < 4.78 is 1.20. The number of nitrogens with one attached hydrogen (secondary N) is 1. The molecule has 0 radical (unpaired) electrons. The van der Waals surface area contributed by atoms with Crippen LogP contribution in [0.5, 0.6) is 0 Å². The summed E-state index contributed by atoms with van der Waals surface area (Å²) in [6.07, 6.45) is 0. The minimum Gasteiger partial charge on any atom is -0.309 e. The molecule has 3 heteroatoms. The first-order valence-corrected chi connectivity index (χ1v) is 7.64. The topological polar surface area (TPSA) is 12.0 Å². The zero-order valence-electron chi connectivity index (χ0n) is 11.2. The molecule has 0 aliphatic carbocycles. The van der Waals surface area contributed by atoms with Crippen LogP contribution >= 0.6 is 27.3 Å². The Hall–Kier alpha value is -0.640. The first-order valence-electron chi connectivity index (χ1n) is 6.03. The lowest BCUT2D eigenvalue weighted by molar-refractivity contribution is 0.697. The molecule has 2 aromatic rings. The molecule has 1 aromatic heterocycles. The van der Waals surface area contributed by atoms with Gasteiger partial charge in [0, 0.05) is 14.2 Å². The highest BCUT2D eigenvalue weighted by Gasteiger charge is 2.19. The standard InChI is InChI=1S/C15H18BrNS/c1-9-5-6-12(10(2)7-9)14(17-4)15-13(16)8-11(3)18-15/h5-8,14,17H,1-4H3. The zero-order valence-corrected chi connectivity index (χ0v) is 13.6. The quantitative estimate of drug-likeness (QED) is 0.859. The second kappa shape index (κ2) is 5.55. The molecule has 0 aliphatic heterocycles. The number of hydrogen-bond acceptors (Lipinski definition) is 2. The Morgan fingerprint density at radius 3 is 2.39 bits per heavy atom. The number of halogens is 1. The second-order valence-electron chi connectivity index (χ2n) is 4.65. The van der Waals surface area contributed by atoms with Crippen LogP contribution in [-0.4, -0.2) is 7.05 Å². The molecule has 96 valence electrons. The SMILES string of the molecule is CNC(c1ccc(C)cc1C)c1sc(C)cc1Br. The van der Waals surface area contributed by atoms with Gasteiger partial charge in [-0.15, -0.1) is 11.3 Å². The van der Waals surface area contributed by atoms with Gasteiger partial charge < -0.3 is 5.32 Å². The number of aryl methyl sites for hydroxylation is 3. The van der Waals surface area contributed by atoms with Gasteiger partial charge in [-0.05, 0) is 60.9 Å². The average Bonchev–Trinajstić information content (AvgIpc) is 2.62. The fourth-order valence-corrected chi connectivity index (χ4v) is 4.28. The normalized spacial score (nSPS) is 12.7. The molecule has 0 bridgehead atoms. The lowest BCUT2D eigenvalue weighted by Gasteiger charge is -2.18. The number of hydrogen-bond donors (Lipinski definition) is 1. The number of thiophene rings is 1. The van der Waals surface area contributed by atoms with Crippen LogP contribution in [0.25, 0.3) is 0 Å². The predicted octanol–water partition coefficient (Wildman–Crippen LogP) is 4.74. The van der Waals surface area contributed by atoms with Crippen LogP contribution in [0.2, 0.25) is 0 Å². The second-order valence-corrected chi connectivity index (χ2v) is 6.79. The van der Waals surface area contributed by atoms with Gasteiger partial charge in [0.1, 0.15) is 0 Å². The van der Waals surface area contributed by atoms with Crippen LogP contribution in [0, 0.1) is 20.8 Å². The van der Waals surface area contributed by atoms with Crippen LogP contribution in [0.15, 0.2) is 28.7 Å². The molecule has 1 heterocycles. The van der Waals surface area contributed by atoms with Crippen LogP contribution in [-0.2, 0) is 0 Å². The molecule has 18 heavy (non-hydrogen) atoms. The molecule has 0 aliphatic rings. The van der Waals surface area contributed by atoms with E-state index in [1.165, 1.54) is 30.9 Å². The van der Waals surface area contributed by atoms with Crippen LogP contribution in [0.1, 0.15) is 32.5 Å². The average molecular weight is 324 g/mol. The molecular formula is C15H18BrNS. The summed E-state index contributed by atoms with van der Waals surface area (Å²) in [6.45, 7) is 6.46. The van der Waals surface area contributed by atoms with Crippen molar-refractivity contribution >= 4 is 27.3 Å². The molecule has 1 nitrogen and oxygen atoms in total. The highest BCUT2D eigenvalue weighted by atomic mass is 79.9. The van der Waals surface area contributed by atoms with Crippen molar-refractivity contribution < 1.29 is 0 Å². The number of benzene rings is 1. The van der Waals surface area contributed by atoms with Gasteiger partial charge >= 0.3 is 0 Å². The first-order chi connectivity index (χ1) is 8.52. The van der Waals surface area contributed by atoms with Gasteiger partial charge in [0.25, 0.3) is 0 Å². The van der Waals surface area contributed by atoms with Gasteiger partial charge in [0.15, 0.2) is 0 Å². The summed E-state index contributed by atoms with van der Waals surface area (Å²) in [5, 5.41) is 3.43. The van der Waals surface area contributed by atoms with Crippen molar-refractivity contribution in [3.05, 3.63) is 55.2 Å². The van der Waals surface area contributed by atoms with E-state index < -0.39 is 0 Å². The van der Waals surface area contributed by atoms with Crippen LogP contribution in [0.3, 0.4) is 0 Å². The third-order valence-electron chi connectivity index (χ3n) is 3.12. The van der Waals surface area contributed by atoms with E-state index in [-0.39, 0.29) is 6.04 Å². The Labute approximate surface area is 121 Å². The lowest BCUT2D eigenvalue weighted by Crippen LogP contribution is -2.18. The molecule has 1 unspecified atom stereocenters. The monoisotopic (exact) mass is 323 g/mol. The minimum atomic E-state index is 0.263. The molecular weight excluding hydrogens is 306 g/mol. The fourth-order valence-electron chi connectivity index (χ4n) is 2.28. The Balaban J connectivity index is 2.48. The lowest BCUT2D eigenvalue weighted by atomic mass is 9.98. The first kappa shape index (κ1) is 13.8. The van der Waals surface area contributed by atoms with Crippen LogP contribution in [0.4, 0.5) is 0 Å². The molecule has 1 N–H and O–H groups in total. The Morgan fingerprint density at radius 2 is 1.89 bits per heavy atom. The van der Waals surface area contributed by atoms with E-state index in [1.807, 2.05) is 18.4 Å². The van der Waals surface area contributed by atoms with E-state index in [4.69, 9.17) is 0 Å². The van der Waals surface area contributed by atoms with Gasteiger partial charge in [-0.2, -0.15) is 0 Å². The summed E-state index contributed by atoms with van der Waals surface area (Å²) >= 11 is 5.51. The molecule has 0 saturated heterocycles. The van der Waals surface area contributed by atoms with Crippen molar-refractivity contribution in [2.45, 2.75) is 26.8 Å². The van der Waals surface area contributed by atoms with Crippen molar-refractivity contribution in [1.82, 2.24) is 5.32 Å². The van der Waals surface area contributed by atoms with Crippen LogP contribution < -0.4 is 5.32 Å². The number of rotatable bonds is 3. The summed E-state index contributed by atoms with van der Waals surface area (Å²) in [5.41, 5.74) is 4.01. The van der Waals surface area contributed by atoms with Gasteiger partial charge in [-0.3, -0.25) is 0 Å². The fraction of sp³-hybridized carbons (Fsp3) is 0.333. The summed E-state index contributed by atoms with van der Waals surface area (Å²) in [7, 11) is 2.02. The molecule has 1 atom stereocenters. The highest BCUT2D eigenvalue weighted by molar-refractivity contribution is 9.10. The maximum atomic E-state index is 3.67. The molecule has 1 aromatic carbocycles. The molecule has 0 spiro atoms. The third-order valence-corrected chi connectivity index (χ3v) is 5.16. The van der Waals surface area contributed by atoms with E-state index >= 15 is 0 Å². The van der Waals surface area contributed by atoms with Gasteiger partial charge in [0.05, 0.1) is 6.04 Å². The van der Waals surface area contributed by atoms with Gasteiger partial charge in [0.2, 0.25) is 0 Å². The van der Waals surface area contributed by atoms with E-state index in [1.54, 1.807) is 0 Å². The summed E-state index contributed by atoms with van der Waals surface area (Å²) in [6, 6.07) is 9.11. The Kier molecular flexibility index (Phi) is 4.25. The van der Waals surface area contributed by atoms with E-state index in [9.17, 15) is 0 Å². The van der Waals surface area contributed by atoms with E-state index in [2.05, 4.69) is 66.3 Å². The van der Waals surface area contributed by atoms with Crippen molar-refractivity contribution in [2.75, 3.05) is 7.05 Å². The maximum absolute atomic E-state index is 3.67. The molecule has 0 saturated carbocycles. The van der Waals surface area contributed by atoms with E-state index in [0.29, 0.717) is 0 Å². The van der Waals surface area contributed by atoms with Gasteiger partial charge in [-0.1, -0.05) is 23.8 Å². The minimum absolute atomic E-state index is 0.263. The van der Waals surface area contributed by atoms with Gasteiger partial charge in [-0.25, -0.2) is 0 Å². The Bertz CT molecular complexity index is 560. The smallest absolute Gasteiger partial charge is 0.0682 e. The maximum Gasteiger partial charge on any atom is 0.0682 e. The summed E-state index contributed by atoms with van der Waals surface area (Å²) in [5.74, 6) is 0. The van der Waals surface area contributed by atoms with Crippen molar-refractivity contribution in [3.8, 4) is 0 Å². The third kappa shape index (κ3) is 2.68. The molecule has 0 fully saturated rings. The van der Waals surface area contributed by atoms with Crippen molar-refractivity contribution in [2.24, 2.45) is 0 Å². The zero-order chi connectivity index (χ0) is 13.3. The molecule has 2 rings (SSSR count). The summed E-state index contributed by atoms with van der Waals surface area (Å²) in [4.78, 5) is 2.68. The highest BCUT2D eigenvalue weighted by Crippen LogP contribution is 2.36. The Morgan fingerprint density at radius 1 is 1.17 bits per heavy atom. The molecule has 0 amide bonds. The van der Waals surface area contributed by atoms with Crippen molar-refractivity contribution in [3.63, 3.8) is 0 Å².